The van der Waals surface area contributed by atoms with E-state index in [1.807, 2.05) is 12.1 Å². The van der Waals surface area contributed by atoms with Gasteiger partial charge in [-0.15, -0.1) is 10.2 Å². The van der Waals surface area contributed by atoms with Crippen LogP contribution in [0.3, 0.4) is 0 Å². The Bertz CT molecular complexity index is 1230. The molecule has 4 fully saturated rings. The minimum atomic E-state index is -0.310. The molecule has 174 valence electrons. The predicted molar refractivity (Wildman–Crippen MR) is 125 cm³/mol. The molecule has 2 aromatic heterocycles. The normalized spacial score (nSPS) is 24.8. The molecule has 5 heterocycles. The summed E-state index contributed by atoms with van der Waals surface area (Å²) >= 11 is 0. The van der Waals surface area contributed by atoms with Crippen LogP contribution in [-0.2, 0) is 0 Å². The summed E-state index contributed by atoms with van der Waals surface area (Å²) in [6.07, 6.45) is 10.5. The number of aromatic nitrogens is 4. The first-order valence-electron chi connectivity index (χ1n) is 12.3. The van der Waals surface area contributed by atoms with Crippen molar-refractivity contribution < 1.29 is 9.13 Å². The standard InChI is InChI=1S/C26H27FN6O/c27-17-5-8-22(21(10-17)20-2-1-9-28-23(20)16-3-4-16)34-25-24(29-15-30-32-25)33-13-26(14-33)11-18-6-7-19(12-26)31-18/h1-2,5,8-10,15-16,18-19,31H,3-4,6-7,11-14H2. The molecule has 1 aliphatic carbocycles. The van der Waals surface area contributed by atoms with E-state index in [-0.39, 0.29) is 5.82 Å². The van der Waals surface area contributed by atoms with Crippen LogP contribution in [0, 0.1) is 11.2 Å². The number of hydrogen-bond acceptors (Lipinski definition) is 7. The fraction of sp³-hybridized carbons (Fsp3) is 0.462. The zero-order valence-corrected chi connectivity index (χ0v) is 19.0. The lowest BCUT2D eigenvalue weighted by molar-refractivity contribution is 0.115. The minimum absolute atomic E-state index is 0.310. The summed E-state index contributed by atoms with van der Waals surface area (Å²) < 4.78 is 20.6. The van der Waals surface area contributed by atoms with Crippen LogP contribution in [0.1, 0.15) is 50.1 Å². The predicted octanol–water partition coefficient (Wildman–Crippen LogP) is 4.46. The van der Waals surface area contributed by atoms with Crippen molar-refractivity contribution >= 4 is 5.82 Å². The lowest BCUT2D eigenvalue weighted by Gasteiger charge is -2.54. The Morgan fingerprint density at radius 3 is 2.62 bits per heavy atom. The summed E-state index contributed by atoms with van der Waals surface area (Å²) in [5.74, 6) is 1.72. The molecular weight excluding hydrogens is 431 g/mol. The van der Waals surface area contributed by atoms with Gasteiger partial charge in [0.25, 0.3) is 5.88 Å². The Balaban J connectivity index is 1.18. The molecule has 7 nitrogen and oxygen atoms in total. The molecule has 4 aliphatic rings. The largest absolute Gasteiger partial charge is 0.434 e. The topological polar surface area (TPSA) is 76.1 Å². The molecule has 2 bridgehead atoms. The third-order valence-corrected chi connectivity index (χ3v) is 7.86. The molecule has 0 amide bonds. The van der Waals surface area contributed by atoms with Crippen LogP contribution < -0.4 is 15.0 Å². The molecule has 2 unspecified atom stereocenters. The van der Waals surface area contributed by atoms with Crippen molar-refractivity contribution in [3.05, 3.63) is 54.4 Å². The van der Waals surface area contributed by atoms with Crippen molar-refractivity contribution in [1.82, 2.24) is 25.5 Å². The van der Waals surface area contributed by atoms with E-state index in [1.165, 1.54) is 44.1 Å². The van der Waals surface area contributed by atoms with Crippen LogP contribution in [0.5, 0.6) is 11.6 Å². The zero-order valence-electron chi connectivity index (χ0n) is 19.0. The number of anilines is 1. The van der Waals surface area contributed by atoms with Crippen molar-refractivity contribution in [2.24, 2.45) is 5.41 Å². The summed E-state index contributed by atoms with van der Waals surface area (Å²) in [5, 5.41) is 12.0. The van der Waals surface area contributed by atoms with Gasteiger partial charge in [0.2, 0.25) is 0 Å². The molecule has 1 saturated carbocycles. The third-order valence-electron chi connectivity index (χ3n) is 7.86. The Hall–Kier alpha value is -3.13. The van der Waals surface area contributed by atoms with Gasteiger partial charge in [0.1, 0.15) is 17.9 Å². The molecule has 3 aliphatic heterocycles. The van der Waals surface area contributed by atoms with Crippen molar-refractivity contribution in [2.75, 3.05) is 18.0 Å². The Morgan fingerprint density at radius 2 is 1.82 bits per heavy atom. The highest BCUT2D eigenvalue weighted by atomic mass is 19.1. The first kappa shape index (κ1) is 20.3. The summed E-state index contributed by atoms with van der Waals surface area (Å²) in [4.78, 5) is 11.4. The maximum atomic E-state index is 14.3. The molecule has 34 heavy (non-hydrogen) atoms. The van der Waals surface area contributed by atoms with Crippen LogP contribution in [0.25, 0.3) is 11.1 Å². The van der Waals surface area contributed by atoms with Crippen molar-refractivity contribution in [3.63, 3.8) is 0 Å². The van der Waals surface area contributed by atoms with Gasteiger partial charge in [-0.05, 0) is 62.8 Å². The fourth-order valence-electron chi connectivity index (χ4n) is 6.30. The van der Waals surface area contributed by atoms with E-state index < -0.39 is 0 Å². The van der Waals surface area contributed by atoms with E-state index in [4.69, 9.17) is 4.74 Å². The highest BCUT2D eigenvalue weighted by molar-refractivity contribution is 5.74. The number of hydrogen-bond donors (Lipinski definition) is 1. The molecule has 2 atom stereocenters. The van der Waals surface area contributed by atoms with Crippen molar-refractivity contribution in [2.45, 2.75) is 56.5 Å². The van der Waals surface area contributed by atoms with Gasteiger partial charge in [-0.2, -0.15) is 0 Å². The van der Waals surface area contributed by atoms with Gasteiger partial charge in [0.15, 0.2) is 5.82 Å². The molecule has 0 radical (unpaired) electrons. The lowest BCUT2D eigenvalue weighted by Crippen LogP contribution is -2.62. The molecule has 8 heteroatoms. The highest BCUT2D eigenvalue weighted by Crippen LogP contribution is 2.49. The second-order valence-electron chi connectivity index (χ2n) is 10.4. The summed E-state index contributed by atoms with van der Waals surface area (Å²) in [5.41, 5.74) is 2.95. The number of ether oxygens (including phenoxy) is 1. The smallest absolute Gasteiger partial charge is 0.282 e. The minimum Gasteiger partial charge on any atom is -0.434 e. The van der Waals surface area contributed by atoms with Gasteiger partial charge in [-0.3, -0.25) is 4.98 Å². The van der Waals surface area contributed by atoms with E-state index in [1.54, 1.807) is 12.3 Å². The van der Waals surface area contributed by atoms with E-state index in [2.05, 4.69) is 30.4 Å². The molecule has 1 aromatic carbocycles. The van der Waals surface area contributed by atoms with Crippen LogP contribution in [-0.4, -0.2) is 45.3 Å². The number of pyridine rings is 1. The summed E-state index contributed by atoms with van der Waals surface area (Å²) in [6, 6.07) is 9.78. The quantitative estimate of drug-likeness (QED) is 0.605. The molecule has 7 rings (SSSR count). The monoisotopic (exact) mass is 458 g/mol. The molecule has 3 saturated heterocycles. The van der Waals surface area contributed by atoms with Gasteiger partial charge in [0, 0.05) is 53.8 Å². The Kier molecular flexibility index (Phi) is 4.59. The summed E-state index contributed by atoms with van der Waals surface area (Å²) in [7, 11) is 0. The van der Waals surface area contributed by atoms with Gasteiger partial charge in [0.05, 0.1) is 5.69 Å². The van der Waals surface area contributed by atoms with Crippen LogP contribution >= 0.6 is 0 Å². The average molecular weight is 459 g/mol. The van der Waals surface area contributed by atoms with E-state index in [0.717, 1.165) is 37.2 Å². The maximum Gasteiger partial charge on any atom is 0.282 e. The molecule has 1 N–H and O–H groups in total. The molecule has 1 spiro atoms. The SMILES string of the molecule is Fc1ccc(Oc2nncnc2N2CC3(CC4CCC(C3)N4)C2)c(-c2cccnc2C2CC2)c1. The van der Waals surface area contributed by atoms with Gasteiger partial charge in [-0.25, -0.2) is 9.37 Å². The van der Waals surface area contributed by atoms with E-state index in [0.29, 0.717) is 46.4 Å². The highest BCUT2D eigenvalue weighted by Gasteiger charge is 2.51. The number of piperidine rings is 1. The van der Waals surface area contributed by atoms with Crippen molar-refractivity contribution in [3.8, 4) is 22.8 Å². The number of benzene rings is 1. The van der Waals surface area contributed by atoms with Crippen molar-refractivity contribution in [1.29, 1.82) is 0 Å². The Morgan fingerprint density at radius 1 is 1.00 bits per heavy atom. The molecular formula is C26H27FN6O. The second-order valence-corrected chi connectivity index (χ2v) is 10.4. The van der Waals surface area contributed by atoms with Crippen LogP contribution in [0.15, 0.2) is 42.9 Å². The van der Waals surface area contributed by atoms with Crippen LogP contribution in [0.2, 0.25) is 0 Å². The summed E-state index contributed by atoms with van der Waals surface area (Å²) in [6.45, 7) is 1.92. The number of nitrogens with zero attached hydrogens (tertiary/aromatic N) is 5. The first-order chi connectivity index (χ1) is 16.7. The Labute approximate surface area is 197 Å². The van der Waals surface area contributed by atoms with Gasteiger partial charge in [-0.1, -0.05) is 6.07 Å². The maximum absolute atomic E-state index is 14.3. The number of nitrogens with one attached hydrogen (secondary N) is 1. The fourth-order valence-corrected chi connectivity index (χ4v) is 6.30. The number of rotatable bonds is 5. The van der Waals surface area contributed by atoms with Crippen LogP contribution in [0.4, 0.5) is 10.2 Å². The van der Waals surface area contributed by atoms with E-state index in [9.17, 15) is 4.39 Å². The second kappa shape index (κ2) is 7.70. The third kappa shape index (κ3) is 3.52. The van der Waals surface area contributed by atoms with E-state index >= 15 is 0 Å². The number of halogens is 1. The molecule has 3 aromatic rings. The lowest BCUT2D eigenvalue weighted by atomic mass is 9.70. The first-order valence-corrected chi connectivity index (χ1v) is 12.3. The number of fused-ring (bicyclic) bond motifs is 2. The van der Waals surface area contributed by atoms with Gasteiger partial charge >= 0.3 is 0 Å². The zero-order chi connectivity index (χ0) is 22.7. The average Bonchev–Trinajstić information content (AvgIpc) is 3.63. The van der Waals surface area contributed by atoms with Gasteiger partial charge < -0.3 is 15.0 Å².